The van der Waals surface area contributed by atoms with Crippen molar-refractivity contribution in [3.05, 3.63) is 65.2 Å². The Kier molecular flexibility index (Phi) is 4.54. The van der Waals surface area contributed by atoms with Gasteiger partial charge in [-0.15, -0.1) is 0 Å². The predicted molar refractivity (Wildman–Crippen MR) is 74.5 cm³/mol. The molecule has 2 aromatic carbocycles. The molecule has 23 heavy (non-hydrogen) atoms. The Morgan fingerprint density at radius 1 is 0.913 bits per heavy atom. The van der Waals surface area contributed by atoms with E-state index >= 15 is 0 Å². The van der Waals surface area contributed by atoms with Crippen molar-refractivity contribution in [3.8, 4) is 5.75 Å². The number of phenolic OH excluding ortho intramolecular Hbond substituents is 1. The Labute approximate surface area is 128 Å². The fraction of sp³-hybridized carbons (Fsp3) is 0.0667. The lowest BCUT2D eigenvalue weighted by Crippen LogP contribution is -2.41. The molecular weight excluding hydrogens is 313 g/mol. The number of hydrazine groups is 1. The highest BCUT2D eigenvalue weighted by molar-refractivity contribution is 6.00. The molecule has 8 heteroatoms. The molecule has 0 aliphatic rings. The van der Waals surface area contributed by atoms with Crippen molar-refractivity contribution in [3.63, 3.8) is 0 Å². The molecule has 2 amide bonds. The van der Waals surface area contributed by atoms with Gasteiger partial charge < -0.3 is 5.11 Å². The maximum absolute atomic E-state index is 12.6. The monoisotopic (exact) mass is 324 g/mol. The largest absolute Gasteiger partial charge is 0.507 e. The van der Waals surface area contributed by atoms with Crippen LogP contribution in [0.5, 0.6) is 5.75 Å². The van der Waals surface area contributed by atoms with Crippen LogP contribution in [0.2, 0.25) is 0 Å². The van der Waals surface area contributed by atoms with Crippen LogP contribution < -0.4 is 10.9 Å². The molecule has 0 aliphatic carbocycles. The minimum absolute atomic E-state index is 0.0863. The van der Waals surface area contributed by atoms with E-state index in [9.17, 15) is 27.9 Å². The Bertz CT molecular complexity index is 745. The van der Waals surface area contributed by atoms with E-state index in [0.29, 0.717) is 6.07 Å². The number of hydrogen-bond acceptors (Lipinski definition) is 3. The summed E-state index contributed by atoms with van der Waals surface area (Å²) in [5.41, 5.74) is 2.68. The number of nitrogens with one attached hydrogen (secondary N) is 2. The van der Waals surface area contributed by atoms with Crippen LogP contribution in [0.1, 0.15) is 26.3 Å². The van der Waals surface area contributed by atoms with Gasteiger partial charge in [-0.2, -0.15) is 13.2 Å². The van der Waals surface area contributed by atoms with E-state index in [-0.39, 0.29) is 16.9 Å². The Hall–Kier alpha value is -3.03. The van der Waals surface area contributed by atoms with Gasteiger partial charge in [0.2, 0.25) is 0 Å². The summed E-state index contributed by atoms with van der Waals surface area (Å²) < 4.78 is 37.7. The highest BCUT2D eigenvalue weighted by Gasteiger charge is 2.30. The van der Waals surface area contributed by atoms with Crippen LogP contribution in [0, 0.1) is 0 Å². The normalized spacial score (nSPS) is 10.9. The van der Waals surface area contributed by atoms with Gasteiger partial charge in [-0.05, 0) is 30.3 Å². The number of amides is 2. The summed E-state index contributed by atoms with van der Waals surface area (Å²) in [5, 5.41) is 9.49. The lowest BCUT2D eigenvalue weighted by Gasteiger charge is -2.10. The summed E-state index contributed by atoms with van der Waals surface area (Å²) in [6.45, 7) is 0. The van der Waals surface area contributed by atoms with E-state index in [4.69, 9.17) is 0 Å². The third-order valence-corrected chi connectivity index (χ3v) is 2.89. The van der Waals surface area contributed by atoms with Crippen LogP contribution in [0.4, 0.5) is 13.2 Å². The number of rotatable bonds is 2. The fourth-order valence-electron chi connectivity index (χ4n) is 1.76. The second kappa shape index (κ2) is 6.39. The van der Waals surface area contributed by atoms with Crippen molar-refractivity contribution in [2.75, 3.05) is 0 Å². The lowest BCUT2D eigenvalue weighted by atomic mass is 10.1. The minimum atomic E-state index is -4.57. The molecule has 3 N–H and O–H groups in total. The number of carbonyl (C=O) groups excluding carboxylic acids is 2. The van der Waals surface area contributed by atoms with Gasteiger partial charge in [-0.3, -0.25) is 20.4 Å². The summed E-state index contributed by atoms with van der Waals surface area (Å²) in [6.07, 6.45) is -4.57. The molecule has 0 bridgehead atoms. The summed E-state index contributed by atoms with van der Waals surface area (Å²) >= 11 is 0. The number of aromatic hydroxyl groups is 1. The van der Waals surface area contributed by atoms with E-state index in [0.717, 1.165) is 12.1 Å². The molecule has 2 aromatic rings. The van der Waals surface area contributed by atoms with Gasteiger partial charge in [0.1, 0.15) is 5.75 Å². The second-order valence-corrected chi connectivity index (χ2v) is 4.50. The number of benzene rings is 2. The molecule has 0 unspecified atom stereocenters. The van der Waals surface area contributed by atoms with E-state index in [2.05, 4.69) is 0 Å². The van der Waals surface area contributed by atoms with Gasteiger partial charge in [0, 0.05) is 5.56 Å². The van der Waals surface area contributed by atoms with Gasteiger partial charge >= 0.3 is 6.18 Å². The molecule has 0 fully saturated rings. The zero-order valence-electron chi connectivity index (χ0n) is 11.5. The number of hydrogen-bond donors (Lipinski definition) is 3. The first-order valence-electron chi connectivity index (χ1n) is 6.35. The van der Waals surface area contributed by atoms with Crippen molar-refractivity contribution < 1.29 is 27.9 Å². The maximum Gasteiger partial charge on any atom is 0.416 e. The number of para-hydroxylation sites is 1. The first-order chi connectivity index (χ1) is 10.8. The average Bonchev–Trinajstić information content (AvgIpc) is 2.52. The van der Waals surface area contributed by atoms with Crippen LogP contribution >= 0.6 is 0 Å². The molecule has 0 saturated heterocycles. The first-order valence-corrected chi connectivity index (χ1v) is 6.35. The van der Waals surface area contributed by atoms with Crippen molar-refractivity contribution >= 4 is 11.8 Å². The van der Waals surface area contributed by atoms with Crippen LogP contribution in [-0.4, -0.2) is 16.9 Å². The predicted octanol–water partition coefficient (Wildman–Crippen LogP) is 2.49. The minimum Gasteiger partial charge on any atom is -0.507 e. The summed E-state index contributed by atoms with van der Waals surface area (Å²) in [6, 6.07) is 9.37. The van der Waals surface area contributed by atoms with Crippen LogP contribution in [-0.2, 0) is 6.18 Å². The third kappa shape index (κ3) is 4.00. The quantitative estimate of drug-likeness (QED) is 0.743. The van der Waals surface area contributed by atoms with Crippen LogP contribution in [0.15, 0.2) is 48.5 Å². The Balaban J connectivity index is 2.06. The van der Waals surface area contributed by atoms with Crippen molar-refractivity contribution in [2.45, 2.75) is 6.18 Å². The highest BCUT2D eigenvalue weighted by atomic mass is 19.4. The standard InChI is InChI=1S/C15H11F3N2O3/c16-15(17,18)10-5-3-4-9(8-10)13(22)19-20-14(23)11-6-1-2-7-12(11)21/h1-8,21H,(H,19,22)(H,20,23). The smallest absolute Gasteiger partial charge is 0.416 e. The zero-order chi connectivity index (χ0) is 17.0. The zero-order valence-corrected chi connectivity index (χ0v) is 11.5. The first kappa shape index (κ1) is 16.3. The lowest BCUT2D eigenvalue weighted by molar-refractivity contribution is -0.137. The fourth-order valence-corrected chi connectivity index (χ4v) is 1.76. The number of carbonyl (C=O) groups is 2. The van der Waals surface area contributed by atoms with Crippen LogP contribution in [0.25, 0.3) is 0 Å². The number of halogens is 3. The van der Waals surface area contributed by atoms with Gasteiger partial charge in [-0.25, -0.2) is 0 Å². The van der Waals surface area contributed by atoms with E-state index in [1.165, 1.54) is 30.3 Å². The molecule has 0 heterocycles. The van der Waals surface area contributed by atoms with Gasteiger partial charge in [0.05, 0.1) is 11.1 Å². The van der Waals surface area contributed by atoms with Gasteiger partial charge in [0.25, 0.3) is 11.8 Å². The summed E-state index contributed by atoms with van der Waals surface area (Å²) in [4.78, 5) is 23.6. The molecule has 120 valence electrons. The summed E-state index contributed by atoms with van der Waals surface area (Å²) in [5.74, 6) is -2.01. The molecule has 5 nitrogen and oxygen atoms in total. The topological polar surface area (TPSA) is 78.4 Å². The van der Waals surface area contributed by atoms with Crippen LogP contribution in [0.3, 0.4) is 0 Å². The SMILES string of the molecule is O=C(NNC(=O)c1ccccc1O)c1cccc(C(F)(F)F)c1. The molecule has 0 spiro atoms. The number of alkyl halides is 3. The molecule has 2 rings (SSSR count). The number of phenols is 1. The second-order valence-electron chi connectivity index (χ2n) is 4.50. The molecule has 0 radical (unpaired) electrons. The van der Waals surface area contributed by atoms with Gasteiger partial charge in [-0.1, -0.05) is 18.2 Å². The van der Waals surface area contributed by atoms with E-state index in [1.807, 2.05) is 10.9 Å². The van der Waals surface area contributed by atoms with Gasteiger partial charge in [0.15, 0.2) is 0 Å². The third-order valence-electron chi connectivity index (χ3n) is 2.89. The maximum atomic E-state index is 12.6. The average molecular weight is 324 g/mol. The molecular formula is C15H11F3N2O3. The molecule has 0 atom stereocenters. The highest BCUT2D eigenvalue weighted by Crippen LogP contribution is 2.29. The van der Waals surface area contributed by atoms with Crippen molar-refractivity contribution in [2.24, 2.45) is 0 Å². The Morgan fingerprint density at radius 2 is 1.57 bits per heavy atom. The van der Waals surface area contributed by atoms with Crippen molar-refractivity contribution in [1.29, 1.82) is 0 Å². The molecule has 0 aromatic heterocycles. The Morgan fingerprint density at radius 3 is 2.22 bits per heavy atom. The summed E-state index contributed by atoms with van der Waals surface area (Å²) in [7, 11) is 0. The molecule has 0 saturated carbocycles. The van der Waals surface area contributed by atoms with E-state index < -0.39 is 23.6 Å². The van der Waals surface area contributed by atoms with Crippen molar-refractivity contribution in [1.82, 2.24) is 10.9 Å². The van der Waals surface area contributed by atoms with E-state index in [1.54, 1.807) is 0 Å². The molecule has 0 aliphatic heterocycles.